The fourth-order valence-corrected chi connectivity index (χ4v) is 4.58. The number of carbonyl (C=O) groups excluding carboxylic acids is 1. The van der Waals surface area contributed by atoms with Gasteiger partial charge < -0.3 is 14.8 Å². The Bertz CT molecular complexity index is 978. The van der Waals surface area contributed by atoms with Gasteiger partial charge in [0.05, 0.1) is 35.2 Å². The summed E-state index contributed by atoms with van der Waals surface area (Å²) in [5.41, 5.74) is 0.0868. The Kier molecular flexibility index (Phi) is 7.37. The highest BCUT2D eigenvalue weighted by molar-refractivity contribution is 7.89. The van der Waals surface area contributed by atoms with Gasteiger partial charge >= 0.3 is 0 Å². The molecule has 0 radical (unpaired) electrons. The van der Waals surface area contributed by atoms with Gasteiger partial charge in [0.25, 0.3) is 5.91 Å². The molecule has 0 atom stereocenters. The third kappa shape index (κ3) is 5.61. The van der Waals surface area contributed by atoms with E-state index in [1.54, 1.807) is 24.3 Å². The summed E-state index contributed by atoms with van der Waals surface area (Å²) in [5.74, 6) is 0.104. The summed E-state index contributed by atoms with van der Waals surface area (Å²) < 4.78 is 37.6. The molecule has 2 aromatic carbocycles. The standard InChI is InChI=1S/C19H20Cl2N2O5S/c20-14-2-1-3-15(12-14)28-9-6-22-19(24)17-13-16(4-5-18(17)21)29(25,26)23-7-10-27-11-8-23/h1-5,12-13H,6-11H2,(H,22,24). The maximum absolute atomic E-state index is 12.8. The largest absolute Gasteiger partial charge is 0.492 e. The molecule has 10 heteroatoms. The average molecular weight is 459 g/mol. The molecule has 3 rings (SSSR count). The van der Waals surface area contributed by atoms with E-state index in [1.807, 2.05) is 0 Å². The lowest BCUT2D eigenvalue weighted by atomic mass is 10.2. The highest BCUT2D eigenvalue weighted by Crippen LogP contribution is 2.23. The van der Waals surface area contributed by atoms with Crippen LogP contribution in [-0.4, -0.2) is 58.1 Å². The van der Waals surface area contributed by atoms with Crippen LogP contribution in [0.15, 0.2) is 47.4 Å². The Morgan fingerprint density at radius 1 is 1.14 bits per heavy atom. The number of amides is 1. The Hall–Kier alpha value is -1.84. The molecule has 1 aliphatic heterocycles. The number of hydrogen-bond donors (Lipinski definition) is 1. The summed E-state index contributed by atoms with van der Waals surface area (Å²) in [6.07, 6.45) is 0. The Morgan fingerprint density at radius 3 is 2.62 bits per heavy atom. The molecule has 0 bridgehead atoms. The Balaban J connectivity index is 1.63. The summed E-state index contributed by atoms with van der Waals surface area (Å²) in [7, 11) is -3.72. The number of morpholine rings is 1. The summed E-state index contributed by atoms with van der Waals surface area (Å²) in [6, 6.07) is 11.0. The van der Waals surface area contributed by atoms with E-state index < -0.39 is 15.9 Å². The minimum absolute atomic E-state index is 0.0177. The molecule has 0 aromatic heterocycles. The van der Waals surface area contributed by atoms with Crippen molar-refractivity contribution in [1.82, 2.24) is 9.62 Å². The SMILES string of the molecule is O=C(NCCOc1cccc(Cl)c1)c1cc(S(=O)(=O)N2CCOCC2)ccc1Cl. The summed E-state index contributed by atoms with van der Waals surface area (Å²) in [5, 5.41) is 3.39. The molecule has 156 valence electrons. The fraction of sp³-hybridized carbons (Fsp3) is 0.316. The number of ether oxygens (including phenoxy) is 2. The first-order valence-electron chi connectivity index (χ1n) is 8.92. The van der Waals surface area contributed by atoms with E-state index in [4.69, 9.17) is 32.7 Å². The van der Waals surface area contributed by atoms with Crippen LogP contribution in [-0.2, 0) is 14.8 Å². The van der Waals surface area contributed by atoms with E-state index in [9.17, 15) is 13.2 Å². The van der Waals surface area contributed by atoms with Crippen LogP contribution in [0.1, 0.15) is 10.4 Å². The van der Waals surface area contributed by atoms with Crippen molar-refractivity contribution in [3.63, 3.8) is 0 Å². The molecule has 0 unspecified atom stereocenters. The molecule has 7 nitrogen and oxygen atoms in total. The van der Waals surface area contributed by atoms with E-state index in [0.717, 1.165) is 0 Å². The second-order valence-corrected chi connectivity index (χ2v) is 9.00. The third-order valence-electron chi connectivity index (χ3n) is 4.24. The van der Waals surface area contributed by atoms with Crippen LogP contribution in [0.5, 0.6) is 5.75 Å². The van der Waals surface area contributed by atoms with Crippen molar-refractivity contribution in [2.45, 2.75) is 4.90 Å². The zero-order chi connectivity index (χ0) is 20.9. The molecule has 1 N–H and O–H groups in total. The van der Waals surface area contributed by atoms with Gasteiger partial charge in [-0.05, 0) is 36.4 Å². The molecule has 1 fully saturated rings. The second kappa shape index (κ2) is 9.77. The smallest absolute Gasteiger partial charge is 0.252 e. The number of nitrogens with zero attached hydrogens (tertiary/aromatic N) is 1. The molecule has 0 spiro atoms. The highest BCUT2D eigenvalue weighted by atomic mass is 35.5. The van der Waals surface area contributed by atoms with Crippen LogP contribution >= 0.6 is 23.2 Å². The van der Waals surface area contributed by atoms with Crippen molar-refractivity contribution in [2.75, 3.05) is 39.5 Å². The molecular weight excluding hydrogens is 439 g/mol. The fourth-order valence-electron chi connectivity index (χ4n) is 2.76. The molecule has 29 heavy (non-hydrogen) atoms. The number of hydrogen-bond acceptors (Lipinski definition) is 5. The number of halogens is 2. The molecular formula is C19H20Cl2N2O5S. The van der Waals surface area contributed by atoms with Gasteiger partial charge in [-0.2, -0.15) is 4.31 Å². The third-order valence-corrected chi connectivity index (χ3v) is 6.70. The quantitative estimate of drug-likeness (QED) is 0.644. The molecule has 1 heterocycles. The minimum Gasteiger partial charge on any atom is -0.492 e. The zero-order valence-electron chi connectivity index (χ0n) is 15.4. The predicted octanol–water partition coefficient (Wildman–Crippen LogP) is 2.82. The van der Waals surface area contributed by atoms with E-state index in [2.05, 4.69) is 5.32 Å². The van der Waals surface area contributed by atoms with Gasteiger partial charge in [-0.1, -0.05) is 29.3 Å². The van der Waals surface area contributed by atoms with Crippen LogP contribution in [0, 0.1) is 0 Å². The van der Waals surface area contributed by atoms with Crippen LogP contribution in [0.4, 0.5) is 0 Å². The number of nitrogens with one attached hydrogen (secondary N) is 1. The average Bonchev–Trinajstić information content (AvgIpc) is 2.72. The first-order valence-corrected chi connectivity index (χ1v) is 11.1. The van der Waals surface area contributed by atoms with Crippen molar-refractivity contribution < 1.29 is 22.7 Å². The van der Waals surface area contributed by atoms with Gasteiger partial charge in [-0.25, -0.2) is 8.42 Å². The van der Waals surface area contributed by atoms with Crippen LogP contribution in [0.3, 0.4) is 0 Å². The summed E-state index contributed by atoms with van der Waals surface area (Å²) in [6.45, 7) is 1.65. The van der Waals surface area contributed by atoms with E-state index in [1.165, 1.54) is 22.5 Å². The molecule has 1 aliphatic rings. The first-order chi connectivity index (χ1) is 13.9. The predicted molar refractivity (Wildman–Crippen MR) is 110 cm³/mol. The van der Waals surface area contributed by atoms with E-state index >= 15 is 0 Å². The van der Waals surface area contributed by atoms with Gasteiger partial charge in [0.15, 0.2) is 0 Å². The lowest BCUT2D eigenvalue weighted by Crippen LogP contribution is -2.40. The summed E-state index contributed by atoms with van der Waals surface area (Å²) >= 11 is 12.0. The monoisotopic (exact) mass is 458 g/mol. The van der Waals surface area contributed by atoms with Gasteiger partial charge in [-0.3, -0.25) is 4.79 Å². The second-order valence-electron chi connectivity index (χ2n) is 6.22. The van der Waals surface area contributed by atoms with Gasteiger partial charge in [0.2, 0.25) is 10.0 Å². The maximum atomic E-state index is 12.8. The molecule has 2 aromatic rings. The van der Waals surface area contributed by atoms with Gasteiger partial charge in [0, 0.05) is 18.1 Å². The maximum Gasteiger partial charge on any atom is 0.252 e. The number of carbonyl (C=O) groups is 1. The first kappa shape index (κ1) is 21.9. The van der Waals surface area contributed by atoms with Crippen molar-refractivity contribution in [2.24, 2.45) is 0 Å². The molecule has 1 amide bonds. The van der Waals surface area contributed by atoms with Gasteiger partial charge in [-0.15, -0.1) is 0 Å². The molecule has 0 saturated carbocycles. The lowest BCUT2D eigenvalue weighted by Gasteiger charge is -2.26. The topological polar surface area (TPSA) is 84.9 Å². The number of benzene rings is 2. The van der Waals surface area contributed by atoms with E-state index in [-0.39, 0.29) is 41.7 Å². The zero-order valence-corrected chi connectivity index (χ0v) is 17.8. The van der Waals surface area contributed by atoms with Crippen molar-refractivity contribution >= 4 is 39.1 Å². The van der Waals surface area contributed by atoms with Crippen LogP contribution in [0.2, 0.25) is 10.0 Å². The Labute approximate surface area is 179 Å². The van der Waals surface area contributed by atoms with Gasteiger partial charge in [0.1, 0.15) is 12.4 Å². The van der Waals surface area contributed by atoms with Crippen molar-refractivity contribution in [3.8, 4) is 5.75 Å². The Morgan fingerprint density at radius 2 is 1.90 bits per heavy atom. The highest BCUT2D eigenvalue weighted by Gasteiger charge is 2.27. The normalized spacial score (nSPS) is 15.1. The molecule has 1 saturated heterocycles. The van der Waals surface area contributed by atoms with Crippen LogP contribution < -0.4 is 10.1 Å². The number of sulfonamides is 1. The number of rotatable bonds is 7. The van der Waals surface area contributed by atoms with Crippen molar-refractivity contribution in [3.05, 3.63) is 58.1 Å². The van der Waals surface area contributed by atoms with Crippen molar-refractivity contribution in [1.29, 1.82) is 0 Å². The lowest BCUT2D eigenvalue weighted by molar-refractivity contribution is 0.0730. The van der Waals surface area contributed by atoms with Crippen LogP contribution in [0.25, 0.3) is 0 Å². The van der Waals surface area contributed by atoms with E-state index in [0.29, 0.717) is 24.0 Å². The molecule has 0 aliphatic carbocycles. The summed E-state index contributed by atoms with van der Waals surface area (Å²) in [4.78, 5) is 12.5. The minimum atomic E-state index is -3.72.